The van der Waals surface area contributed by atoms with Gasteiger partial charge in [0.15, 0.2) is 5.82 Å². The van der Waals surface area contributed by atoms with E-state index in [9.17, 15) is 0 Å². The van der Waals surface area contributed by atoms with Crippen molar-refractivity contribution in [3.63, 3.8) is 0 Å². The summed E-state index contributed by atoms with van der Waals surface area (Å²) in [6.07, 6.45) is 8.77. The van der Waals surface area contributed by atoms with Gasteiger partial charge in [0.1, 0.15) is 11.5 Å². The Morgan fingerprint density at radius 2 is 1.32 bits per heavy atom. The van der Waals surface area contributed by atoms with E-state index in [1.54, 1.807) is 0 Å². The Morgan fingerprint density at radius 1 is 0.537 bits per heavy atom. The van der Waals surface area contributed by atoms with Gasteiger partial charge in [0.05, 0.1) is 11.4 Å². The molecule has 0 saturated carbocycles. The summed E-state index contributed by atoms with van der Waals surface area (Å²) in [7, 11) is 0. The van der Waals surface area contributed by atoms with E-state index in [1.165, 1.54) is 16.5 Å². The van der Waals surface area contributed by atoms with Crippen molar-refractivity contribution in [2.24, 2.45) is 0 Å². The topological polar surface area (TPSA) is 35.0 Å². The van der Waals surface area contributed by atoms with Crippen molar-refractivity contribution >= 4 is 16.3 Å². The van der Waals surface area contributed by atoms with E-state index in [0.29, 0.717) is 0 Å². The third kappa shape index (κ3) is 4.14. The van der Waals surface area contributed by atoms with E-state index in [0.717, 1.165) is 74.8 Å². The normalized spacial score (nSPS) is 13.4. The second-order valence-electron chi connectivity index (χ2n) is 10.5. The van der Waals surface area contributed by atoms with E-state index in [2.05, 4.69) is 103 Å². The van der Waals surface area contributed by atoms with Gasteiger partial charge in [0.2, 0.25) is 0 Å². The first-order valence-corrected chi connectivity index (χ1v) is 14.1. The SMILES string of the molecule is C1=CC(c2cc(-c3ccc(-c4ccc5c6c(cccc46)-c4ccccc4O5)cc3)nc(-c3ccccc3)n2)=CCC1. The number of hydrogen-bond donors (Lipinski definition) is 0. The second kappa shape index (κ2) is 9.72. The van der Waals surface area contributed by atoms with Gasteiger partial charge < -0.3 is 4.74 Å². The largest absolute Gasteiger partial charge is 0.456 e. The summed E-state index contributed by atoms with van der Waals surface area (Å²) < 4.78 is 6.30. The van der Waals surface area contributed by atoms with Crippen LogP contribution in [-0.2, 0) is 0 Å². The van der Waals surface area contributed by atoms with Crippen molar-refractivity contribution < 1.29 is 4.74 Å². The molecule has 41 heavy (non-hydrogen) atoms. The molecule has 3 heteroatoms. The predicted octanol–water partition coefficient (Wildman–Crippen LogP) is 10.1. The van der Waals surface area contributed by atoms with Gasteiger partial charge in [0, 0.05) is 22.1 Å². The molecule has 2 aliphatic rings. The van der Waals surface area contributed by atoms with Crippen LogP contribution in [0.3, 0.4) is 0 Å². The zero-order chi connectivity index (χ0) is 27.2. The van der Waals surface area contributed by atoms with Crippen molar-refractivity contribution in [3.05, 3.63) is 139 Å². The van der Waals surface area contributed by atoms with Crippen LogP contribution >= 0.6 is 0 Å². The number of benzene rings is 5. The van der Waals surface area contributed by atoms with Crippen molar-refractivity contribution in [1.29, 1.82) is 0 Å². The average Bonchev–Trinajstić information content (AvgIpc) is 3.06. The minimum atomic E-state index is 0.742. The Morgan fingerprint density at radius 3 is 2.17 bits per heavy atom. The minimum Gasteiger partial charge on any atom is -0.456 e. The number of hydrogen-bond acceptors (Lipinski definition) is 3. The number of fused-ring (bicyclic) bond motifs is 2. The van der Waals surface area contributed by atoms with Gasteiger partial charge in [-0.1, -0.05) is 115 Å². The lowest BCUT2D eigenvalue weighted by Gasteiger charge is -2.22. The molecule has 0 spiro atoms. The average molecular weight is 527 g/mol. The highest BCUT2D eigenvalue weighted by molar-refractivity contribution is 6.09. The fourth-order valence-corrected chi connectivity index (χ4v) is 5.92. The van der Waals surface area contributed by atoms with Crippen molar-refractivity contribution in [1.82, 2.24) is 9.97 Å². The number of para-hydroxylation sites is 1. The van der Waals surface area contributed by atoms with E-state index < -0.39 is 0 Å². The lowest BCUT2D eigenvalue weighted by molar-refractivity contribution is 0.487. The first kappa shape index (κ1) is 23.6. The molecule has 0 unspecified atom stereocenters. The van der Waals surface area contributed by atoms with Crippen LogP contribution in [0.2, 0.25) is 0 Å². The van der Waals surface area contributed by atoms with Gasteiger partial charge in [-0.15, -0.1) is 0 Å². The summed E-state index contributed by atoms with van der Waals surface area (Å²) in [5, 5.41) is 2.35. The quantitative estimate of drug-likeness (QED) is 0.229. The maximum atomic E-state index is 6.30. The molecule has 0 saturated heterocycles. The van der Waals surface area contributed by atoms with E-state index in [4.69, 9.17) is 14.7 Å². The molecule has 0 atom stereocenters. The number of nitrogens with zero attached hydrogens (tertiary/aromatic N) is 2. The Bertz CT molecular complexity index is 2000. The van der Waals surface area contributed by atoms with Crippen LogP contribution in [-0.4, -0.2) is 9.97 Å². The van der Waals surface area contributed by atoms with Crippen LogP contribution in [0.1, 0.15) is 18.5 Å². The van der Waals surface area contributed by atoms with Crippen LogP contribution in [0.25, 0.3) is 61.2 Å². The molecule has 1 aliphatic carbocycles. The third-order valence-electron chi connectivity index (χ3n) is 7.94. The van der Waals surface area contributed by atoms with Gasteiger partial charge in [-0.2, -0.15) is 0 Å². The molecule has 0 N–H and O–H groups in total. The minimum absolute atomic E-state index is 0.742. The van der Waals surface area contributed by atoms with Gasteiger partial charge in [-0.3, -0.25) is 0 Å². The van der Waals surface area contributed by atoms with Crippen molar-refractivity contribution in [2.45, 2.75) is 12.8 Å². The van der Waals surface area contributed by atoms with Crippen LogP contribution < -0.4 is 4.74 Å². The molecule has 0 bridgehead atoms. The van der Waals surface area contributed by atoms with Crippen LogP contribution in [0.15, 0.2) is 133 Å². The predicted molar refractivity (Wildman–Crippen MR) is 168 cm³/mol. The highest BCUT2D eigenvalue weighted by Gasteiger charge is 2.21. The summed E-state index contributed by atoms with van der Waals surface area (Å²) in [4.78, 5) is 9.96. The summed E-state index contributed by atoms with van der Waals surface area (Å²) in [5.41, 5.74) is 9.80. The molecule has 8 rings (SSSR count). The Hall–Kier alpha value is -5.28. The highest BCUT2D eigenvalue weighted by atomic mass is 16.5. The number of rotatable bonds is 4. The maximum absolute atomic E-state index is 6.30. The second-order valence-corrected chi connectivity index (χ2v) is 10.5. The standard InChI is InChI=1S/C38H26N2O/c1-3-10-26(11-4-1)33-24-34(40-38(39-33)28-12-5-2-6-13-28)27-20-18-25(19-21-27)29-22-23-36-37-31(29)15-9-16-32(37)30-14-7-8-17-35(30)41-36/h2-3,5-24H,1,4H2. The van der Waals surface area contributed by atoms with Gasteiger partial charge in [-0.05, 0) is 58.7 Å². The van der Waals surface area contributed by atoms with E-state index >= 15 is 0 Å². The molecule has 0 radical (unpaired) electrons. The Labute approximate surface area is 239 Å². The zero-order valence-electron chi connectivity index (χ0n) is 22.4. The summed E-state index contributed by atoms with van der Waals surface area (Å²) in [6.45, 7) is 0. The first-order chi connectivity index (χ1) is 20.3. The molecule has 5 aromatic carbocycles. The monoisotopic (exact) mass is 526 g/mol. The fourth-order valence-electron chi connectivity index (χ4n) is 5.92. The third-order valence-corrected chi connectivity index (χ3v) is 7.94. The van der Waals surface area contributed by atoms with Gasteiger partial charge in [-0.25, -0.2) is 9.97 Å². The number of ether oxygens (including phenoxy) is 1. The highest BCUT2D eigenvalue weighted by Crippen LogP contribution is 2.48. The fraction of sp³-hybridized carbons (Fsp3) is 0.0526. The van der Waals surface area contributed by atoms with E-state index in [-0.39, 0.29) is 0 Å². The van der Waals surface area contributed by atoms with E-state index in [1.807, 2.05) is 30.3 Å². The lowest BCUT2D eigenvalue weighted by Crippen LogP contribution is -1.99. The molecule has 1 aromatic heterocycles. The molecule has 1 aliphatic heterocycles. The zero-order valence-corrected chi connectivity index (χ0v) is 22.4. The van der Waals surface area contributed by atoms with Crippen molar-refractivity contribution in [3.8, 4) is 56.4 Å². The smallest absolute Gasteiger partial charge is 0.160 e. The molecule has 2 heterocycles. The Kier molecular flexibility index (Phi) is 5.60. The van der Waals surface area contributed by atoms with Gasteiger partial charge in [0.25, 0.3) is 0 Å². The lowest BCUT2D eigenvalue weighted by atomic mass is 9.90. The maximum Gasteiger partial charge on any atom is 0.160 e. The first-order valence-electron chi connectivity index (χ1n) is 14.1. The molecular formula is C38H26N2O. The molecule has 0 amide bonds. The summed E-state index contributed by atoms with van der Waals surface area (Å²) in [6, 6.07) is 40.1. The summed E-state index contributed by atoms with van der Waals surface area (Å²) in [5.74, 6) is 2.55. The van der Waals surface area contributed by atoms with Gasteiger partial charge >= 0.3 is 0 Å². The molecule has 194 valence electrons. The van der Waals surface area contributed by atoms with Crippen LogP contribution in [0.4, 0.5) is 0 Å². The van der Waals surface area contributed by atoms with Crippen LogP contribution in [0, 0.1) is 0 Å². The van der Waals surface area contributed by atoms with Crippen LogP contribution in [0.5, 0.6) is 11.5 Å². The number of aromatic nitrogens is 2. The molecular weight excluding hydrogens is 500 g/mol. The summed E-state index contributed by atoms with van der Waals surface area (Å²) >= 11 is 0. The molecule has 0 fully saturated rings. The van der Waals surface area contributed by atoms with Crippen molar-refractivity contribution in [2.75, 3.05) is 0 Å². The molecule has 6 aromatic rings. The Balaban J connectivity index is 1.22. The number of allylic oxidation sites excluding steroid dienone is 4. The molecule has 3 nitrogen and oxygen atoms in total.